The van der Waals surface area contributed by atoms with Gasteiger partial charge in [-0.2, -0.15) is 0 Å². The number of hydrogen-bond donors (Lipinski definition) is 2. The minimum atomic E-state index is -2.97. The summed E-state index contributed by atoms with van der Waals surface area (Å²) in [6.07, 6.45) is 2.24. The van der Waals surface area contributed by atoms with Crippen LogP contribution in [0.25, 0.3) is 0 Å². The Morgan fingerprint density at radius 2 is 2.26 bits per heavy atom. The van der Waals surface area contributed by atoms with Gasteiger partial charge in [0.2, 0.25) is 5.91 Å². The lowest BCUT2D eigenvalue weighted by Gasteiger charge is -2.23. The number of sulfone groups is 1. The monoisotopic (exact) mass is 290 g/mol. The minimum absolute atomic E-state index is 0.0664. The first-order chi connectivity index (χ1) is 9.05. The summed E-state index contributed by atoms with van der Waals surface area (Å²) in [4.78, 5) is 11.7. The van der Waals surface area contributed by atoms with Crippen molar-refractivity contribution in [3.63, 3.8) is 0 Å². The van der Waals surface area contributed by atoms with Gasteiger partial charge in [0.15, 0.2) is 9.84 Å². The van der Waals surface area contributed by atoms with Crippen molar-refractivity contribution in [2.75, 3.05) is 37.8 Å². The zero-order chi connectivity index (χ0) is 13.7. The van der Waals surface area contributed by atoms with Crippen LogP contribution >= 0.6 is 0 Å². The van der Waals surface area contributed by atoms with Gasteiger partial charge < -0.3 is 15.4 Å². The van der Waals surface area contributed by atoms with Crippen LogP contribution in [0.4, 0.5) is 0 Å². The van der Waals surface area contributed by atoms with Crippen molar-refractivity contribution in [1.82, 2.24) is 10.6 Å². The molecule has 19 heavy (non-hydrogen) atoms. The molecule has 1 amide bonds. The summed E-state index contributed by atoms with van der Waals surface area (Å²) in [6.45, 7) is 2.70. The molecule has 2 fully saturated rings. The van der Waals surface area contributed by atoms with Gasteiger partial charge in [-0.3, -0.25) is 4.79 Å². The zero-order valence-corrected chi connectivity index (χ0v) is 11.9. The summed E-state index contributed by atoms with van der Waals surface area (Å²) in [5, 5.41) is 5.93. The van der Waals surface area contributed by atoms with Crippen molar-refractivity contribution in [2.24, 2.45) is 5.92 Å². The number of ether oxygens (including phenoxy) is 1. The van der Waals surface area contributed by atoms with Crippen LogP contribution in [0.1, 0.15) is 19.3 Å². The second-order valence-corrected chi connectivity index (χ2v) is 7.57. The van der Waals surface area contributed by atoms with Crippen molar-refractivity contribution in [3.05, 3.63) is 0 Å². The van der Waals surface area contributed by atoms with E-state index in [1.54, 1.807) is 0 Å². The molecular weight excluding hydrogens is 268 g/mol. The Bertz CT molecular complexity index is 404. The van der Waals surface area contributed by atoms with E-state index in [-0.39, 0.29) is 29.9 Å². The van der Waals surface area contributed by atoms with Crippen molar-refractivity contribution >= 4 is 15.7 Å². The fourth-order valence-corrected chi connectivity index (χ4v) is 3.97. The molecule has 0 aromatic heterocycles. The molecule has 2 saturated heterocycles. The predicted octanol–water partition coefficient (Wildman–Crippen LogP) is -0.694. The number of amides is 1. The Morgan fingerprint density at radius 3 is 2.95 bits per heavy atom. The first-order valence-electron chi connectivity index (χ1n) is 6.83. The van der Waals surface area contributed by atoms with Crippen molar-refractivity contribution in [2.45, 2.75) is 25.3 Å². The van der Waals surface area contributed by atoms with Crippen LogP contribution in [0, 0.1) is 5.92 Å². The Hall–Kier alpha value is -0.660. The normalized spacial score (nSPS) is 30.1. The Balaban J connectivity index is 1.63. The smallest absolute Gasteiger partial charge is 0.221 e. The Morgan fingerprint density at radius 1 is 1.42 bits per heavy atom. The number of carbonyl (C=O) groups is 1. The molecule has 0 aromatic carbocycles. The molecule has 2 N–H and O–H groups in total. The van der Waals surface area contributed by atoms with E-state index >= 15 is 0 Å². The van der Waals surface area contributed by atoms with Gasteiger partial charge >= 0.3 is 0 Å². The molecule has 2 atom stereocenters. The third kappa shape index (κ3) is 5.08. The maximum absolute atomic E-state index is 11.7. The van der Waals surface area contributed by atoms with Crippen LogP contribution in [0.15, 0.2) is 0 Å². The molecule has 2 unspecified atom stereocenters. The van der Waals surface area contributed by atoms with E-state index < -0.39 is 9.84 Å². The SMILES string of the molecule is O=C(CC1CS(=O)(=O)CCN1)NCCC1CCOC1. The highest BCUT2D eigenvalue weighted by Crippen LogP contribution is 2.15. The molecular formula is C12H22N2O4S. The van der Waals surface area contributed by atoms with Crippen LogP contribution in [-0.2, 0) is 19.4 Å². The fraction of sp³-hybridized carbons (Fsp3) is 0.917. The molecule has 2 heterocycles. The molecule has 0 aliphatic carbocycles. The van der Waals surface area contributed by atoms with Gasteiger partial charge in [-0.1, -0.05) is 0 Å². The van der Waals surface area contributed by atoms with Gasteiger partial charge in [0.1, 0.15) is 0 Å². The summed E-state index contributed by atoms with van der Waals surface area (Å²) >= 11 is 0. The lowest BCUT2D eigenvalue weighted by atomic mass is 10.1. The molecule has 2 aliphatic heterocycles. The molecule has 0 saturated carbocycles. The molecule has 0 aromatic rings. The maximum atomic E-state index is 11.7. The second kappa shape index (κ2) is 6.67. The highest BCUT2D eigenvalue weighted by molar-refractivity contribution is 7.91. The molecule has 0 bridgehead atoms. The molecule has 2 rings (SSSR count). The van der Waals surface area contributed by atoms with E-state index in [0.29, 0.717) is 19.0 Å². The number of nitrogens with one attached hydrogen (secondary N) is 2. The van der Waals surface area contributed by atoms with Gasteiger partial charge in [-0.05, 0) is 18.8 Å². The van der Waals surface area contributed by atoms with E-state index in [0.717, 1.165) is 26.1 Å². The first-order valence-corrected chi connectivity index (χ1v) is 8.65. The molecule has 0 radical (unpaired) electrons. The summed E-state index contributed by atoms with van der Waals surface area (Å²) in [6, 6.07) is -0.242. The zero-order valence-electron chi connectivity index (χ0n) is 11.1. The fourth-order valence-electron chi connectivity index (χ4n) is 2.52. The molecule has 0 spiro atoms. The van der Waals surface area contributed by atoms with Crippen LogP contribution in [0.3, 0.4) is 0 Å². The second-order valence-electron chi connectivity index (χ2n) is 5.34. The van der Waals surface area contributed by atoms with Gasteiger partial charge in [-0.25, -0.2) is 8.42 Å². The molecule has 6 nitrogen and oxygen atoms in total. The molecule has 2 aliphatic rings. The van der Waals surface area contributed by atoms with Gasteiger partial charge in [0.05, 0.1) is 11.5 Å². The first kappa shape index (κ1) is 14.7. The maximum Gasteiger partial charge on any atom is 0.221 e. The van der Waals surface area contributed by atoms with E-state index in [9.17, 15) is 13.2 Å². The van der Waals surface area contributed by atoms with Crippen molar-refractivity contribution in [3.8, 4) is 0 Å². The predicted molar refractivity (Wildman–Crippen MR) is 71.6 cm³/mol. The van der Waals surface area contributed by atoms with Crippen LogP contribution in [-0.4, -0.2) is 58.2 Å². The van der Waals surface area contributed by atoms with Crippen LogP contribution < -0.4 is 10.6 Å². The number of rotatable bonds is 5. The largest absolute Gasteiger partial charge is 0.381 e. The van der Waals surface area contributed by atoms with Gasteiger partial charge in [0.25, 0.3) is 0 Å². The highest BCUT2D eigenvalue weighted by atomic mass is 32.2. The quantitative estimate of drug-likeness (QED) is 0.700. The van der Waals surface area contributed by atoms with Gasteiger partial charge in [-0.15, -0.1) is 0 Å². The lowest BCUT2D eigenvalue weighted by molar-refractivity contribution is -0.121. The number of hydrogen-bond acceptors (Lipinski definition) is 5. The van der Waals surface area contributed by atoms with E-state index in [1.807, 2.05) is 0 Å². The van der Waals surface area contributed by atoms with E-state index in [4.69, 9.17) is 4.74 Å². The number of carbonyl (C=O) groups excluding carboxylic acids is 1. The third-order valence-corrected chi connectivity index (χ3v) is 5.37. The van der Waals surface area contributed by atoms with Gasteiger partial charge in [0, 0.05) is 38.8 Å². The van der Waals surface area contributed by atoms with E-state index in [2.05, 4.69) is 10.6 Å². The molecule has 110 valence electrons. The van der Waals surface area contributed by atoms with Crippen LogP contribution in [0.2, 0.25) is 0 Å². The topological polar surface area (TPSA) is 84.5 Å². The lowest BCUT2D eigenvalue weighted by Crippen LogP contribution is -2.47. The van der Waals surface area contributed by atoms with Crippen molar-refractivity contribution < 1.29 is 17.9 Å². The Labute approximate surface area is 114 Å². The minimum Gasteiger partial charge on any atom is -0.381 e. The summed E-state index contributed by atoms with van der Waals surface area (Å²) in [5.41, 5.74) is 0. The Kier molecular flexibility index (Phi) is 5.18. The van der Waals surface area contributed by atoms with E-state index in [1.165, 1.54) is 0 Å². The highest BCUT2D eigenvalue weighted by Gasteiger charge is 2.26. The third-order valence-electron chi connectivity index (χ3n) is 3.63. The molecule has 7 heteroatoms. The summed E-state index contributed by atoms with van der Waals surface area (Å²) in [7, 11) is -2.97. The standard InChI is InChI=1S/C12H22N2O4S/c15-12(14-3-1-10-2-5-18-8-10)7-11-9-19(16,17)6-4-13-11/h10-11,13H,1-9H2,(H,14,15). The average Bonchev–Trinajstić information content (AvgIpc) is 2.80. The summed E-state index contributed by atoms with van der Waals surface area (Å²) in [5.74, 6) is 0.714. The summed E-state index contributed by atoms with van der Waals surface area (Å²) < 4.78 is 28.2. The van der Waals surface area contributed by atoms with Crippen molar-refractivity contribution in [1.29, 1.82) is 0 Å². The van der Waals surface area contributed by atoms with Crippen LogP contribution in [0.5, 0.6) is 0 Å². The average molecular weight is 290 g/mol.